The average molecular weight is 515 g/mol. The van der Waals surface area contributed by atoms with E-state index in [-0.39, 0.29) is 25.8 Å². The summed E-state index contributed by atoms with van der Waals surface area (Å²) >= 11 is 0. The predicted octanol–water partition coefficient (Wildman–Crippen LogP) is 4.76. The Kier molecular flexibility index (Phi) is 12.2. The summed E-state index contributed by atoms with van der Waals surface area (Å²) in [6, 6.07) is 11.2. The summed E-state index contributed by atoms with van der Waals surface area (Å²) in [6.07, 6.45) is -3.15. The first kappa shape index (κ1) is 24.0. The molecule has 0 saturated carbocycles. The van der Waals surface area contributed by atoms with E-state index in [9.17, 15) is 17.6 Å². The van der Waals surface area contributed by atoms with Crippen LogP contribution in [0.15, 0.2) is 36.5 Å². The SMILES string of the molecule is CC#N.CC#N.Fc1ccnc(-c2[c-]cc(C(F)(F)F)cc2)c1.[Ir]. The molecular weight excluding hydrogens is 502 g/mol. The summed E-state index contributed by atoms with van der Waals surface area (Å²) in [5, 5.41) is 14.6. The van der Waals surface area contributed by atoms with E-state index in [4.69, 9.17) is 10.5 Å². The number of hydrogen-bond acceptors (Lipinski definition) is 3. The molecule has 0 unspecified atom stereocenters. The van der Waals surface area contributed by atoms with Gasteiger partial charge in [0.2, 0.25) is 0 Å². The van der Waals surface area contributed by atoms with Crippen molar-refractivity contribution >= 4 is 0 Å². The van der Waals surface area contributed by atoms with Crippen molar-refractivity contribution in [2.45, 2.75) is 20.0 Å². The number of rotatable bonds is 1. The van der Waals surface area contributed by atoms with Gasteiger partial charge in [-0.05, 0) is 23.4 Å². The summed E-state index contributed by atoms with van der Waals surface area (Å²) < 4.78 is 49.8. The van der Waals surface area contributed by atoms with Gasteiger partial charge < -0.3 is 4.98 Å². The van der Waals surface area contributed by atoms with Crippen LogP contribution in [0.2, 0.25) is 0 Å². The Labute approximate surface area is 150 Å². The fourth-order valence-electron chi connectivity index (χ4n) is 1.31. The molecule has 24 heavy (non-hydrogen) atoms. The molecule has 3 nitrogen and oxygen atoms in total. The monoisotopic (exact) mass is 515 g/mol. The molecule has 0 aliphatic carbocycles. The largest absolute Gasteiger partial charge is 0.381 e. The second-order valence-corrected chi connectivity index (χ2v) is 3.80. The van der Waals surface area contributed by atoms with Crippen LogP contribution in [0, 0.1) is 34.5 Å². The number of halogens is 4. The van der Waals surface area contributed by atoms with Crippen molar-refractivity contribution in [3.63, 3.8) is 0 Å². The molecule has 1 aromatic carbocycles. The molecule has 0 saturated heterocycles. The Hall–Kier alpha value is -2.28. The summed E-state index contributed by atoms with van der Waals surface area (Å²) in [4.78, 5) is 3.85. The fourth-order valence-corrected chi connectivity index (χ4v) is 1.31. The van der Waals surface area contributed by atoms with E-state index in [1.165, 1.54) is 26.1 Å². The Morgan fingerprint density at radius 1 is 1.08 bits per heavy atom. The number of pyridine rings is 1. The molecule has 0 fully saturated rings. The minimum Gasteiger partial charge on any atom is -0.305 e. The second-order valence-electron chi connectivity index (χ2n) is 3.80. The Bertz CT molecular complexity index is 674. The summed E-state index contributed by atoms with van der Waals surface area (Å²) in [5.74, 6) is -0.497. The topological polar surface area (TPSA) is 60.5 Å². The summed E-state index contributed by atoms with van der Waals surface area (Å²) in [5.41, 5.74) is -0.228. The molecular formula is C16H12F4IrN3-. The van der Waals surface area contributed by atoms with Gasteiger partial charge in [0.25, 0.3) is 0 Å². The fraction of sp³-hybridized carbons (Fsp3) is 0.188. The standard InChI is InChI=1S/C12H6F4N.2C2H3N.Ir/c13-10-5-6-17-11(7-10)8-1-3-9(4-2-8)12(14,15)16;2*1-2-3;/h1,3-7H;2*1H3;/q-1;;;. The summed E-state index contributed by atoms with van der Waals surface area (Å²) in [6.45, 7) is 2.86. The van der Waals surface area contributed by atoms with Crippen LogP contribution in [0.5, 0.6) is 0 Å². The van der Waals surface area contributed by atoms with Crippen molar-refractivity contribution in [3.8, 4) is 23.4 Å². The summed E-state index contributed by atoms with van der Waals surface area (Å²) in [7, 11) is 0. The molecule has 1 heterocycles. The van der Waals surface area contributed by atoms with E-state index < -0.39 is 17.6 Å². The maximum Gasteiger partial charge on any atom is 0.381 e. The second kappa shape index (κ2) is 12.2. The predicted molar refractivity (Wildman–Crippen MR) is 76.0 cm³/mol. The van der Waals surface area contributed by atoms with Gasteiger partial charge in [0.15, 0.2) is 0 Å². The van der Waals surface area contributed by atoms with E-state index in [0.29, 0.717) is 5.56 Å². The van der Waals surface area contributed by atoms with Gasteiger partial charge in [0.1, 0.15) is 5.82 Å². The smallest absolute Gasteiger partial charge is 0.305 e. The van der Waals surface area contributed by atoms with Crippen molar-refractivity contribution in [2.75, 3.05) is 0 Å². The first-order valence-corrected chi connectivity index (χ1v) is 6.12. The number of nitrogens with zero attached hydrogens (tertiary/aromatic N) is 3. The van der Waals surface area contributed by atoms with Crippen LogP contribution in [0.25, 0.3) is 11.3 Å². The maximum absolute atomic E-state index is 12.9. The molecule has 2 rings (SSSR count). The number of aromatic nitrogens is 1. The van der Waals surface area contributed by atoms with Crippen LogP contribution in [-0.2, 0) is 26.3 Å². The molecule has 0 bridgehead atoms. The molecule has 1 radical (unpaired) electrons. The minimum absolute atomic E-state index is 0. The van der Waals surface area contributed by atoms with Crippen LogP contribution < -0.4 is 0 Å². The van der Waals surface area contributed by atoms with E-state index in [1.54, 1.807) is 12.1 Å². The van der Waals surface area contributed by atoms with E-state index in [2.05, 4.69) is 11.1 Å². The molecule has 2 aromatic rings. The van der Waals surface area contributed by atoms with Crippen LogP contribution in [-0.4, -0.2) is 4.98 Å². The third-order valence-electron chi connectivity index (χ3n) is 2.14. The van der Waals surface area contributed by atoms with Crippen LogP contribution in [0.1, 0.15) is 19.4 Å². The number of hydrogen-bond donors (Lipinski definition) is 0. The normalized spacial score (nSPS) is 8.83. The van der Waals surface area contributed by atoms with Gasteiger partial charge in [-0.15, -0.1) is 29.8 Å². The molecule has 0 spiro atoms. The van der Waals surface area contributed by atoms with E-state index >= 15 is 0 Å². The van der Waals surface area contributed by atoms with Crippen molar-refractivity contribution < 1.29 is 37.7 Å². The van der Waals surface area contributed by atoms with Crippen molar-refractivity contribution in [2.24, 2.45) is 0 Å². The molecule has 0 aliphatic heterocycles. The van der Waals surface area contributed by atoms with Crippen LogP contribution >= 0.6 is 0 Å². The zero-order valence-electron chi connectivity index (χ0n) is 12.7. The van der Waals surface area contributed by atoms with Gasteiger partial charge in [-0.2, -0.15) is 23.7 Å². The van der Waals surface area contributed by atoms with Crippen LogP contribution in [0.3, 0.4) is 0 Å². The van der Waals surface area contributed by atoms with Gasteiger partial charge in [-0.3, -0.25) is 0 Å². The quantitative estimate of drug-likeness (QED) is 0.407. The van der Waals surface area contributed by atoms with Crippen molar-refractivity contribution in [3.05, 3.63) is 54.0 Å². The third kappa shape index (κ3) is 8.99. The first-order chi connectivity index (χ1) is 10.8. The Morgan fingerprint density at radius 3 is 2.00 bits per heavy atom. The van der Waals surface area contributed by atoms with Gasteiger partial charge >= 0.3 is 6.18 Å². The van der Waals surface area contributed by atoms with Gasteiger partial charge in [-0.1, -0.05) is 0 Å². The maximum atomic E-state index is 12.9. The number of alkyl halides is 3. The van der Waals surface area contributed by atoms with E-state index in [1.807, 2.05) is 0 Å². The molecule has 0 amide bonds. The molecule has 1 aromatic heterocycles. The average Bonchev–Trinajstić information content (AvgIpc) is 2.48. The van der Waals surface area contributed by atoms with Crippen molar-refractivity contribution in [1.82, 2.24) is 4.98 Å². The zero-order valence-corrected chi connectivity index (χ0v) is 15.0. The Balaban J connectivity index is 0. The Morgan fingerprint density at radius 2 is 1.62 bits per heavy atom. The van der Waals surface area contributed by atoms with Gasteiger partial charge in [-0.25, -0.2) is 4.39 Å². The number of benzene rings is 1. The molecule has 0 aliphatic rings. The van der Waals surface area contributed by atoms with Crippen molar-refractivity contribution in [1.29, 1.82) is 10.5 Å². The van der Waals surface area contributed by atoms with E-state index in [0.717, 1.165) is 24.3 Å². The van der Waals surface area contributed by atoms with Gasteiger partial charge in [0, 0.05) is 40.1 Å². The van der Waals surface area contributed by atoms with Gasteiger partial charge in [0.05, 0.1) is 12.1 Å². The molecule has 129 valence electrons. The molecule has 0 atom stereocenters. The third-order valence-corrected chi connectivity index (χ3v) is 2.14. The number of nitriles is 2. The zero-order chi connectivity index (χ0) is 17.9. The minimum atomic E-state index is -4.40. The first-order valence-electron chi connectivity index (χ1n) is 6.12. The molecule has 8 heteroatoms. The van der Waals surface area contributed by atoms with Crippen LogP contribution in [0.4, 0.5) is 17.6 Å². The molecule has 0 N–H and O–H groups in total.